The molecule has 0 aliphatic rings. The average molecular weight is 373 g/mol. The summed E-state index contributed by atoms with van der Waals surface area (Å²) >= 11 is 0. The summed E-state index contributed by atoms with van der Waals surface area (Å²) in [5, 5.41) is 9.09. The summed E-state index contributed by atoms with van der Waals surface area (Å²) in [4.78, 5) is 0. The zero-order chi connectivity index (χ0) is 17.6. The molecule has 0 aliphatic heterocycles. The summed E-state index contributed by atoms with van der Waals surface area (Å²) in [5.41, 5.74) is -1.72. The first-order valence-corrected chi connectivity index (χ1v) is 10.9. The third-order valence-electron chi connectivity index (χ3n) is 4.32. The van der Waals surface area contributed by atoms with Crippen LogP contribution in [0.25, 0.3) is 0 Å². The van der Waals surface area contributed by atoms with Gasteiger partial charge in [0, 0.05) is 0 Å². The van der Waals surface area contributed by atoms with Crippen LogP contribution in [0.4, 0.5) is 0 Å². The first-order valence-electron chi connectivity index (χ1n) is 9.47. The number of aliphatic hydroxyl groups excluding tert-OH is 1. The van der Waals surface area contributed by atoms with Crippen molar-refractivity contribution in [3.05, 3.63) is 0 Å². The van der Waals surface area contributed by atoms with Crippen LogP contribution in [0.5, 0.6) is 0 Å². The zero-order valence-corrected chi connectivity index (χ0v) is 19.0. The van der Waals surface area contributed by atoms with E-state index in [1.807, 2.05) is 0 Å². The summed E-state index contributed by atoms with van der Waals surface area (Å²) in [6.07, 6.45) is 15.8. The van der Waals surface area contributed by atoms with E-state index in [-0.39, 0.29) is 36.0 Å². The molecule has 0 aromatic rings. The van der Waals surface area contributed by atoms with Crippen LogP contribution in [0.2, 0.25) is 0 Å². The number of aliphatic hydroxyl groups is 1. The van der Waals surface area contributed by atoms with Gasteiger partial charge in [0.05, 0.1) is 0 Å². The van der Waals surface area contributed by atoms with Crippen molar-refractivity contribution in [2.45, 2.75) is 109 Å². The number of rotatable bonds is 16. The molecule has 1 atom stereocenters. The maximum absolute atomic E-state index is 10.5. The van der Waals surface area contributed by atoms with E-state index < -0.39 is 15.6 Å². The van der Waals surface area contributed by atoms with Crippen LogP contribution in [-0.4, -0.2) is 23.5 Å². The summed E-state index contributed by atoms with van der Waals surface area (Å²) in [7, 11) is -4.52. The quantitative estimate of drug-likeness (QED) is 0.255. The molecule has 1 N–H and O–H groups in total. The number of hydrogen-bond donors (Lipinski definition) is 1. The van der Waals surface area contributed by atoms with Crippen molar-refractivity contribution in [1.29, 1.82) is 0 Å². The molecule has 0 aliphatic carbocycles. The SMILES string of the molecule is CC(C)CCCCCCCCCCCCCCC(O)S(=O)(=O)[O-].[Na+]. The Morgan fingerprint density at radius 1 is 0.708 bits per heavy atom. The van der Waals surface area contributed by atoms with Gasteiger partial charge in [-0.1, -0.05) is 90.9 Å². The van der Waals surface area contributed by atoms with Crippen molar-refractivity contribution in [1.82, 2.24) is 0 Å². The minimum absolute atomic E-state index is 0. The molecule has 140 valence electrons. The van der Waals surface area contributed by atoms with Gasteiger partial charge in [0.2, 0.25) is 0 Å². The molecular formula is C18H37NaO4S. The predicted octanol–water partition coefficient (Wildman–Crippen LogP) is 1.97. The van der Waals surface area contributed by atoms with Gasteiger partial charge in [-0.25, -0.2) is 8.42 Å². The van der Waals surface area contributed by atoms with Gasteiger partial charge in [-0.15, -0.1) is 0 Å². The summed E-state index contributed by atoms with van der Waals surface area (Å²) in [6.45, 7) is 4.57. The van der Waals surface area contributed by atoms with E-state index in [1.165, 1.54) is 57.8 Å². The van der Waals surface area contributed by atoms with E-state index in [2.05, 4.69) is 13.8 Å². The first-order chi connectivity index (χ1) is 10.8. The van der Waals surface area contributed by atoms with Gasteiger partial charge in [0.1, 0.15) is 15.6 Å². The monoisotopic (exact) mass is 372 g/mol. The molecule has 24 heavy (non-hydrogen) atoms. The van der Waals surface area contributed by atoms with Crippen molar-refractivity contribution in [3.63, 3.8) is 0 Å². The van der Waals surface area contributed by atoms with E-state index in [0.717, 1.165) is 25.2 Å². The van der Waals surface area contributed by atoms with Gasteiger partial charge in [0.25, 0.3) is 0 Å². The number of unbranched alkanes of at least 4 members (excludes halogenated alkanes) is 11. The van der Waals surface area contributed by atoms with Gasteiger partial charge >= 0.3 is 29.6 Å². The fraction of sp³-hybridized carbons (Fsp3) is 1.00. The van der Waals surface area contributed by atoms with Gasteiger partial charge in [-0.3, -0.25) is 0 Å². The van der Waals surface area contributed by atoms with Crippen LogP contribution in [0, 0.1) is 5.92 Å². The summed E-state index contributed by atoms with van der Waals surface area (Å²) in [6, 6.07) is 0. The van der Waals surface area contributed by atoms with Crippen molar-refractivity contribution < 1.29 is 47.6 Å². The minimum atomic E-state index is -4.52. The van der Waals surface area contributed by atoms with Crippen molar-refractivity contribution >= 4 is 10.1 Å². The van der Waals surface area contributed by atoms with Crippen LogP contribution < -0.4 is 29.6 Å². The third kappa shape index (κ3) is 19.2. The second kappa shape index (κ2) is 17.3. The Bertz CT molecular complexity index is 358. The van der Waals surface area contributed by atoms with Crippen molar-refractivity contribution in [3.8, 4) is 0 Å². The molecule has 0 amide bonds. The standard InChI is InChI=1S/C18H38O4S.Na/c1-17(2)15-13-11-9-7-5-3-4-6-8-10-12-14-16-18(19)23(20,21)22;/h17-19H,3-16H2,1-2H3,(H,20,21,22);/q;+1/p-1. The maximum atomic E-state index is 10.5. The van der Waals surface area contributed by atoms with E-state index >= 15 is 0 Å². The summed E-state index contributed by atoms with van der Waals surface area (Å²) < 4.78 is 31.5. The second-order valence-corrected chi connectivity index (χ2v) is 8.69. The Kier molecular flexibility index (Phi) is 19.5. The van der Waals surface area contributed by atoms with E-state index in [9.17, 15) is 13.0 Å². The van der Waals surface area contributed by atoms with Crippen LogP contribution in [0.3, 0.4) is 0 Å². The fourth-order valence-corrected chi connectivity index (χ4v) is 3.24. The Morgan fingerprint density at radius 2 is 1.00 bits per heavy atom. The topological polar surface area (TPSA) is 77.4 Å². The molecule has 1 unspecified atom stereocenters. The fourth-order valence-electron chi connectivity index (χ4n) is 2.78. The van der Waals surface area contributed by atoms with E-state index in [1.54, 1.807) is 0 Å². The largest absolute Gasteiger partial charge is 1.00 e. The molecule has 0 rings (SSSR count). The summed E-state index contributed by atoms with van der Waals surface area (Å²) in [5.74, 6) is 0.836. The molecule has 0 aromatic carbocycles. The Hall–Kier alpha value is 0.870. The van der Waals surface area contributed by atoms with Gasteiger partial charge in [-0.2, -0.15) is 0 Å². The molecule has 0 heterocycles. The Morgan fingerprint density at radius 3 is 1.29 bits per heavy atom. The van der Waals surface area contributed by atoms with Crippen LogP contribution in [-0.2, 0) is 10.1 Å². The maximum Gasteiger partial charge on any atom is 1.00 e. The van der Waals surface area contributed by atoms with Crippen molar-refractivity contribution in [2.24, 2.45) is 5.92 Å². The average Bonchev–Trinajstić information content (AvgIpc) is 2.46. The van der Waals surface area contributed by atoms with Gasteiger partial charge in [0.15, 0.2) is 0 Å². The van der Waals surface area contributed by atoms with E-state index in [4.69, 9.17) is 5.11 Å². The zero-order valence-electron chi connectivity index (χ0n) is 16.1. The molecule has 0 radical (unpaired) electrons. The second-order valence-electron chi connectivity index (χ2n) is 7.16. The molecule has 0 saturated carbocycles. The van der Waals surface area contributed by atoms with Crippen LogP contribution in [0.1, 0.15) is 104 Å². The Balaban J connectivity index is 0. The van der Waals surface area contributed by atoms with Gasteiger partial charge < -0.3 is 9.66 Å². The van der Waals surface area contributed by atoms with E-state index in [0.29, 0.717) is 6.42 Å². The molecule has 4 nitrogen and oxygen atoms in total. The molecule has 0 saturated heterocycles. The molecule has 0 aromatic heterocycles. The Labute approximate surface area is 172 Å². The molecule has 0 bridgehead atoms. The van der Waals surface area contributed by atoms with Gasteiger partial charge in [-0.05, 0) is 18.8 Å². The molecular weight excluding hydrogens is 335 g/mol. The first kappa shape index (κ1) is 27.1. The third-order valence-corrected chi connectivity index (χ3v) is 5.22. The smallest absolute Gasteiger partial charge is 0.746 e. The number of hydrogen-bond acceptors (Lipinski definition) is 4. The molecule has 0 fully saturated rings. The van der Waals surface area contributed by atoms with Crippen LogP contribution >= 0.6 is 0 Å². The molecule has 6 heteroatoms. The predicted molar refractivity (Wildman–Crippen MR) is 95.2 cm³/mol. The molecule has 0 spiro atoms. The van der Waals surface area contributed by atoms with Crippen LogP contribution in [0.15, 0.2) is 0 Å². The minimum Gasteiger partial charge on any atom is -0.746 e. The normalized spacial score (nSPS) is 13.0. The van der Waals surface area contributed by atoms with Crippen molar-refractivity contribution in [2.75, 3.05) is 0 Å².